The first-order valence-corrected chi connectivity index (χ1v) is 12.5. The summed E-state index contributed by atoms with van der Waals surface area (Å²) >= 11 is 9.29. The maximum atomic E-state index is 4.64. The third-order valence-electron chi connectivity index (χ3n) is 6.02. The van der Waals surface area contributed by atoms with Crippen molar-refractivity contribution in [2.24, 2.45) is 0 Å². The highest BCUT2D eigenvalue weighted by atomic mass is 32.1. The first-order valence-electron chi connectivity index (χ1n) is 11.6. The van der Waals surface area contributed by atoms with E-state index in [2.05, 4.69) is 109 Å². The number of unbranched alkanes of at least 4 members (excludes halogenated alkanes) is 5. The monoisotopic (exact) mass is 460 g/mol. The van der Waals surface area contributed by atoms with Gasteiger partial charge in [0.2, 0.25) is 0 Å². The second kappa shape index (κ2) is 11.5. The van der Waals surface area contributed by atoms with Crippen LogP contribution in [0.3, 0.4) is 0 Å². The molecule has 0 aliphatic heterocycles. The molecule has 2 nitrogen and oxygen atoms in total. The zero-order valence-electron chi connectivity index (χ0n) is 18.5. The van der Waals surface area contributed by atoms with Crippen LogP contribution in [0.25, 0.3) is 21.5 Å². The van der Waals surface area contributed by atoms with E-state index in [4.69, 9.17) is 0 Å². The summed E-state index contributed by atoms with van der Waals surface area (Å²) in [5.74, 6) is 0. The lowest BCUT2D eigenvalue weighted by molar-refractivity contribution is 0.610. The molecule has 0 bridgehead atoms. The normalized spacial score (nSPS) is 11.2. The van der Waals surface area contributed by atoms with Crippen molar-refractivity contribution in [1.82, 2.24) is 0 Å². The summed E-state index contributed by atoms with van der Waals surface area (Å²) in [6, 6.07) is 25.4. The zero-order valence-corrected chi connectivity index (χ0v) is 20.3. The Morgan fingerprint density at radius 2 is 0.875 bits per heavy atom. The van der Waals surface area contributed by atoms with Gasteiger partial charge in [-0.15, -0.1) is 25.3 Å². The van der Waals surface area contributed by atoms with Crippen LogP contribution in [0.2, 0.25) is 0 Å². The molecule has 32 heavy (non-hydrogen) atoms. The van der Waals surface area contributed by atoms with E-state index in [0.29, 0.717) is 0 Å². The van der Waals surface area contributed by atoms with Crippen LogP contribution in [0.15, 0.2) is 82.6 Å². The largest absolute Gasteiger partial charge is 0.384 e. The fraction of sp³-hybridized carbons (Fsp3) is 0.286. The minimum absolute atomic E-state index is 0.995. The van der Waals surface area contributed by atoms with Gasteiger partial charge in [0, 0.05) is 33.7 Å². The van der Waals surface area contributed by atoms with E-state index in [1.807, 2.05) is 0 Å². The molecule has 4 aromatic carbocycles. The highest BCUT2D eigenvalue weighted by molar-refractivity contribution is 7.80. The first kappa shape index (κ1) is 22.9. The van der Waals surface area contributed by atoms with Gasteiger partial charge in [0.15, 0.2) is 0 Å². The van der Waals surface area contributed by atoms with E-state index in [1.54, 1.807) is 0 Å². The van der Waals surface area contributed by atoms with E-state index in [9.17, 15) is 0 Å². The summed E-state index contributed by atoms with van der Waals surface area (Å²) in [4.78, 5) is 2.04. The molecule has 0 aliphatic rings. The third kappa shape index (κ3) is 5.73. The Balaban J connectivity index is 1.12. The average molecular weight is 461 g/mol. The van der Waals surface area contributed by atoms with Crippen molar-refractivity contribution in [3.05, 3.63) is 72.8 Å². The molecule has 0 unspecified atom stereocenters. The van der Waals surface area contributed by atoms with Crippen molar-refractivity contribution in [3.63, 3.8) is 0 Å². The SMILES string of the molecule is Sc1ccc2ccccc2c1NCCCCCCCCNc1c(S)ccc2ccccc12. The molecule has 0 radical (unpaired) electrons. The van der Waals surface area contributed by atoms with E-state index in [0.717, 1.165) is 34.3 Å². The lowest BCUT2D eigenvalue weighted by Gasteiger charge is -2.13. The minimum atomic E-state index is 0.995. The average Bonchev–Trinajstić information content (AvgIpc) is 2.82. The Kier molecular flexibility index (Phi) is 8.24. The number of hydrogen-bond acceptors (Lipinski definition) is 4. The van der Waals surface area contributed by atoms with E-state index in [-0.39, 0.29) is 0 Å². The number of anilines is 2. The molecule has 0 saturated heterocycles. The second-order valence-corrected chi connectivity index (χ2v) is 9.30. The molecule has 0 atom stereocenters. The van der Waals surface area contributed by atoms with Crippen LogP contribution >= 0.6 is 25.3 Å². The van der Waals surface area contributed by atoms with Crippen LogP contribution in [-0.4, -0.2) is 13.1 Å². The van der Waals surface area contributed by atoms with Gasteiger partial charge in [0.05, 0.1) is 11.4 Å². The van der Waals surface area contributed by atoms with Gasteiger partial charge in [-0.2, -0.15) is 0 Å². The summed E-state index contributed by atoms with van der Waals surface area (Å²) in [6.07, 6.45) is 7.48. The molecule has 0 spiro atoms. The molecule has 0 saturated carbocycles. The number of benzene rings is 4. The predicted octanol–water partition coefficient (Wildman–Crippen LogP) is 8.44. The maximum absolute atomic E-state index is 4.64. The van der Waals surface area contributed by atoms with Crippen molar-refractivity contribution in [2.75, 3.05) is 23.7 Å². The van der Waals surface area contributed by atoms with Crippen molar-refractivity contribution < 1.29 is 0 Å². The fourth-order valence-corrected chi connectivity index (χ4v) is 4.82. The molecule has 0 aromatic heterocycles. The number of thiol groups is 2. The Labute approximate surface area is 202 Å². The van der Waals surface area contributed by atoms with E-state index < -0.39 is 0 Å². The van der Waals surface area contributed by atoms with Crippen LogP contribution in [0.5, 0.6) is 0 Å². The fourth-order valence-electron chi connectivity index (χ4n) is 4.28. The summed E-state index contributed by atoms with van der Waals surface area (Å²) in [6.45, 7) is 1.99. The Hall–Kier alpha value is -2.30. The van der Waals surface area contributed by atoms with Gasteiger partial charge >= 0.3 is 0 Å². The van der Waals surface area contributed by atoms with Crippen molar-refractivity contribution >= 4 is 58.2 Å². The summed E-state index contributed by atoms with van der Waals surface area (Å²) in [5.41, 5.74) is 2.32. The molecule has 4 rings (SSSR count). The second-order valence-electron chi connectivity index (χ2n) is 8.34. The van der Waals surface area contributed by atoms with E-state index >= 15 is 0 Å². The molecule has 4 heteroatoms. The number of fused-ring (bicyclic) bond motifs is 2. The Morgan fingerprint density at radius 3 is 1.34 bits per heavy atom. The quantitative estimate of drug-likeness (QED) is 0.133. The molecule has 166 valence electrons. The molecule has 0 aliphatic carbocycles. The van der Waals surface area contributed by atoms with Gasteiger partial charge in [-0.1, -0.05) is 86.3 Å². The van der Waals surface area contributed by atoms with Gasteiger partial charge in [0.25, 0.3) is 0 Å². The highest BCUT2D eigenvalue weighted by Crippen LogP contribution is 2.31. The number of nitrogens with one attached hydrogen (secondary N) is 2. The van der Waals surface area contributed by atoms with Crippen LogP contribution in [-0.2, 0) is 0 Å². The molecule has 0 amide bonds. The zero-order chi connectivity index (χ0) is 22.2. The standard InChI is InChI=1S/C28H32N2S2/c31-25-17-15-21-11-5-7-13-23(21)27(25)29-19-9-3-1-2-4-10-20-30-28-24-14-8-6-12-22(24)16-18-26(28)32/h5-8,11-18,29-32H,1-4,9-10,19-20H2. The highest BCUT2D eigenvalue weighted by Gasteiger charge is 2.05. The summed E-state index contributed by atoms with van der Waals surface area (Å²) < 4.78 is 0. The summed E-state index contributed by atoms with van der Waals surface area (Å²) in [5, 5.41) is 12.2. The lowest BCUT2D eigenvalue weighted by Crippen LogP contribution is -2.04. The molecule has 0 fully saturated rings. The molecular formula is C28H32N2S2. The Bertz CT molecular complexity index is 1080. The first-order chi connectivity index (χ1) is 15.7. The number of rotatable bonds is 11. The van der Waals surface area contributed by atoms with Crippen LogP contribution < -0.4 is 10.6 Å². The van der Waals surface area contributed by atoms with Gasteiger partial charge in [-0.05, 0) is 35.7 Å². The van der Waals surface area contributed by atoms with Crippen molar-refractivity contribution in [2.45, 2.75) is 48.3 Å². The Morgan fingerprint density at radius 1 is 0.469 bits per heavy atom. The van der Waals surface area contributed by atoms with Crippen molar-refractivity contribution in [3.8, 4) is 0 Å². The molecule has 4 aromatic rings. The van der Waals surface area contributed by atoms with Crippen LogP contribution in [0.1, 0.15) is 38.5 Å². The van der Waals surface area contributed by atoms with Gasteiger partial charge < -0.3 is 10.6 Å². The smallest absolute Gasteiger partial charge is 0.0555 e. The molecular weight excluding hydrogens is 428 g/mol. The van der Waals surface area contributed by atoms with Gasteiger partial charge in [0.1, 0.15) is 0 Å². The van der Waals surface area contributed by atoms with Gasteiger partial charge in [-0.3, -0.25) is 0 Å². The van der Waals surface area contributed by atoms with Crippen LogP contribution in [0, 0.1) is 0 Å². The van der Waals surface area contributed by atoms with Gasteiger partial charge in [-0.25, -0.2) is 0 Å². The third-order valence-corrected chi connectivity index (χ3v) is 6.77. The maximum Gasteiger partial charge on any atom is 0.0555 e. The molecule has 2 N–H and O–H groups in total. The predicted molar refractivity (Wildman–Crippen MR) is 147 cm³/mol. The summed E-state index contributed by atoms with van der Waals surface area (Å²) in [7, 11) is 0. The number of hydrogen-bond donors (Lipinski definition) is 4. The van der Waals surface area contributed by atoms with Crippen molar-refractivity contribution in [1.29, 1.82) is 0 Å². The van der Waals surface area contributed by atoms with E-state index in [1.165, 1.54) is 60.1 Å². The van der Waals surface area contributed by atoms with Crippen LogP contribution in [0.4, 0.5) is 11.4 Å². The molecule has 0 heterocycles. The minimum Gasteiger partial charge on any atom is -0.384 e. The topological polar surface area (TPSA) is 24.1 Å². The lowest BCUT2D eigenvalue weighted by atomic mass is 10.1.